The van der Waals surface area contributed by atoms with Crippen LogP contribution in [0.3, 0.4) is 0 Å². The zero-order chi connectivity index (χ0) is 14.5. The number of rotatable bonds is 2. The Hall–Kier alpha value is -2.57. The highest BCUT2D eigenvalue weighted by molar-refractivity contribution is 5.94. The minimum Gasteiger partial charge on any atom is -0.341 e. The molecule has 0 aromatic heterocycles. The maximum atomic E-state index is 11.7. The average Bonchev–Trinajstić information content (AvgIpc) is 2.99. The first-order chi connectivity index (χ1) is 10.3. The van der Waals surface area contributed by atoms with Crippen molar-refractivity contribution in [3.8, 4) is 11.8 Å². The molecule has 2 aromatic carbocycles. The normalized spacial score (nSPS) is 12.2. The summed E-state index contributed by atoms with van der Waals surface area (Å²) in [5, 5.41) is 6.14. The summed E-state index contributed by atoms with van der Waals surface area (Å²) >= 11 is 0. The lowest BCUT2D eigenvalue weighted by Crippen LogP contribution is -2.20. The van der Waals surface area contributed by atoms with Crippen LogP contribution in [0, 0.1) is 11.8 Å². The summed E-state index contributed by atoms with van der Waals surface area (Å²) in [6.07, 6.45) is 0. The van der Waals surface area contributed by atoms with Gasteiger partial charge in [0.25, 0.3) is 5.91 Å². The molecular formula is C18H16N2O. The quantitative estimate of drug-likeness (QED) is 0.823. The highest BCUT2D eigenvalue weighted by Gasteiger charge is 2.09. The van der Waals surface area contributed by atoms with Gasteiger partial charge in [-0.25, -0.2) is 0 Å². The van der Waals surface area contributed by atoms with Gasteiger partial charge in [0.2, 0.25) is 0 Å². The fourth-order valence-corrected chi connectivity index (χ4v) is 2.34. The van der Waals surface area contributed by atoms with E-state index in [2.05, 4.69) is 40.7 Å². The van der Waals surface area contributed by atoms with Crippen molar-refractivity contribution in [3.63, 3.8) is 0 Å². The summed E-state index contributed by atoms with van der Waals surface area (Å²) in [5.41, 5.74) is 4.61. The summed E-state index contributed by atoms with van der Waals surface area (Å²) in [5.74, 6) is 5.21. The van der Waals surface area contributed by atoms with E-state index in [1.165, 1.54) is 11.1 Å². The number of amides is 1. The fraction of sp³-hybridized carbons (Fsp3) is 0.167. The Labute approximate surface area is 124 Å². The third-order valence-electron chi connectivity index (χ3n) is 3.45. The maximum Gasteiger partial charge on any atom is 0.296 e. The zero-order valence-corrected chi connectivity index (χ0v) is 11.6. The van der Waals surface area contributed by atoms with E-state index >= 15 is 0 Å². The molecule has 3 rings (SSSR count). The molecule has 2 aromatic rings. The lowest BCUT2D eigenvalue weighted by Gasteiger charge is -2.04. The standard InChI is InChI=1S/C18H16N2O/c21-18(9-7-14-4-2-1-3-5-14)20-11-15-6-8-16-12-19-13-17(16)10-15/h1-6,8,10,19H,11-13H2,(H,20,21). The van der Waals surface area contributed by atoms with Gasteiger partial charge in [-0.3, -0.25) is 4.79 Å². The molecule has 0 radical (unpaired) electrons. The van der Waals surface area contributed by atoms with Crippen LogP contribution in [-0.2, 0) is 24.4 Å². The molecular weight excluding hydrogens is 260 g/mol. The molecule has 0 atom stereocenters. The topological polar surface area (TPSA) is 41.1 Å². The molecule has 104 valence electrons. The van der Waals surface area contributed by atoms with Gasteiger partial charge in [0.1, 0.15) is 0 Å². The Morgan fingerprint density at radius 3 is 2.76 bits per heavy atom. The number of carbonyl (C=O) groups is 1. The SMILES string of the molecule is O=C(C#Cc1ccccc1)NCc1ccc2c(c1)CNC2. The molecule has 2 N–H and O–H groups in total. The van der Waals surface area contributed by atoms with Crippen molar-refractivity contribution in [2.24, 2.45) is 0 Å². The van der Waals surface area contributed by atoms with Crippen LogP contribution in [0.25, 0.3) is 0 Å². The van der Waals surface area contributed by atoms with Crippen molar-refractivity contribution in [2.45, 2.75) is 19.6 Å². The number of hydrogen-bond acceptors (Lipinski definition) is 2. The summed E-state index contributed by atoms with van der Waals surface area (Å²) in [7, 11) is 0. The number of nitrogens with one attached hydrogen (secondary N) is 2. The molecule has 0 fully saturated rings. The minimum atomic E-state index is -0.252. The number of benzene rings is 2. The predicted molar refractivity (Wildman–Crippen MR) is 82.2 cm³/mol. The summed E-state index contributed by atoms with van der Waals surface area (Å²) in [6.45, 7) is 2.35. The number of fused-ring (bicyclic) bond motifs is 1. The second kappa shape index (κ2) is 6.25. The second-order valence-electron chi connectivity index (χ2n) is 5.01. The van der Waals surface area contributed by atoms with Gasteiger partial charge in [-0.2, -0.15) is 0 Å². The average molecular weight is 276 g/mol. The van der Waals surface area contributed by atoms with Crippen LogP contribution in [0.2, 0.25) is 0 Å². The molecule has 0 aliphatic carbocycles. The van der Waals surface area contributed by atoms with E-state index in [0.717, 1.165) is 24.2 Å². The Morgan fingerprint density at radius 2 is 1.90 bits per heavy atom. The Bertz CT molecular complexity index is 711. The lowest BCUT2D eigenvalue weighted by molar-refractivity contribution is -0.115. The van der Waals surface area contributed by atoms with Crippen molar-refractivity contribution >= 4 is 5.91 Å². The van der Waals surface area contributed by atoms with E-state index in [0.29, 0.717) is 6.54 Å². The van der Waals surface area contributed by atoms with Gasteiger partial charge in [-0.1, -0.05) is 42.3 Å². The van der Waals surface area contributed by atoms with E-state index < -0.39 is 0 Å². The van der Waals surface area contributed by atoms with Gasteiger partial charge >= 0.3 is 0 Å². The maximum absolute atomic E-state index is 11.7. The van der Waals surface area contributed by atoms with E-state index in [1.54, 1.807) is 0 Å². The van der Waals surface area contributed by atoms with Gasteiger partial charge < -0.3 is 10.6 Å². The van der Waals surface area contributed by atoms with Gasteiger partial charge in [-0.15, -0.1) is 0 Å². The smallest absolute Gasteiger partial charge is 0.296 e. The molecule has 1 amide bonds. The van der Waals surface area contributed by atoms with E-state index in [4.69, 9.17) is 0 Å². The fourth-order valence-electron chi connectivity index (χ4n) is 2.34. The Morgan fingerprint density at radius 1 is 1.10 bits per heavy atom. The Balaban J connectivity index is 1.58. The van der Waals surface area contributed by atoms with Crippen LogP contribution in [0.1, 0.15) is 22.3 Å². The van der Waals surface area contributed by atoms with Crippen LogP contribution in [-0.4, -0.2) is 5.91 Å². The number of carbonyl (C=O) groups excluding carboxylic acids is 1. The van der Waals surface area contributed by atoms with E-state index in [-0.39, 0.29) is 5.91 Å². The first-order valence-electron chi connectivity index (χ1n) is 6.97. The zero-order valence-electron chi connectivity index (χ0n) is 11.6. The third kappa shape index (κ3) is 3.50. The molecule has 1 aliphatic rings. The largest absolute Gasteiger partial charge is 0.341 e. The molecule has 1 aliphatic heterocycles. The second-order valence-corrected chi connectivity index (χ2v) is 5.01. The molecule has 0 unspecified atom stereocenters. The van der Waals surface area contributed by atoms with Gasteiger partial charge in [0, 0.05) is 31.1 Å². The van der Waals surface area contributed by atoms with Gasteiger partial charge in [-0.05, 0) is 28.8 Å². The van der Waals surface area contributed by atoms with E-state index in [9.17, 15) is 4.79 Å². The van der Waals surface area contributed by atoms with Gasteiger partial charge in [0.05, 0.1) is 0 Å². The van der Waals surface area contributed by atoms with Crippen LogP contribution >= 0.6 is 0 Å². The van der Waals surface area contributed by atoms with Crippen LogP contribution in [0.15, 0.2) is 48.5 Å². The van der Waals surface area contributed by atoms with Crippen LogP contribution < -0.4 is 10.6 Å². The molecule has 0 saturated carbocycles. The molecule has 3 nitrogen and oxygen atoms in total. The van der Waals surface area contributed by atoms with Crippen LogP contribution in [0.4, 0.5) is 0 Å². The molecule has 0 bridgehead atoms. The molecule has 3 heteroatoms. The summed E-state index contributed by atoms with van der Waals surface area (Å²) in [6, 6.07) is 15.8. The summed E-state index contributed by atoms with van der Waals surface area (Å²) < 4.78 is 0. The molecule has 21 heavy (non-hydrogen) atoms. The summed E-state index contributed by atoms with van der Waals surface area (Å²) in [4.78, 5) is 11.7. The molecule has 1 heterocycles. The third-order valence-corrected chi connectivity index (χ3v) is 3.45. The van der Waals surface area contributed by atoms with Crippen molar-refractivity contribution in [3.05, 3.63) is 70.8 Å². The Kier molecular flexibility index (Phi) is 3.99. The highest BCUT2D eigenvalue weighted by atomic mass is 16.1. The molecule has 0 spiro atoms. The first kappa shape index (κ1) is 13.4. The predicted octanol–water partition coefficient (Wildman–Crippen LogP) is 1.96. The van der Waals surface area contributed by atoms with Crippen molar-refractivity contribution in [2.75, 3.05) is 0 Å². The monoisotopic (exact) mass is 276 g/mol. The van der Waals surface area contributed by atoms with E-state index in [1.807, 2.05) is 30.3 Å². The number of hydrogen-bond donors (Lipinski definition) is 2. The van der Waals surface area contributed by atoms with Crippen LogP contribution in [0.5, 0.6) is 0 Å². The molecule has 0 saturated heterocycles. The minimum absolute atomic E-state index is 0.252. The highest BCUT2D eigenvalue weighted by Crippen LogP contribution is 2.16. The van der Waals surface area contributed by atoms with Crippen molar-refractivity contribution in [1.29, 1.82) is 0 Å². The van der Waals surface area contributed by atoms with Gasteiger partial charge in [0.15, 0.2) is 0 Å². The first-order valence-corrected chi connectivity index (χ1v) is 6.97. The van der Waals surface area contributed by atoms with Crippen molar-refractivity contribution < 1.29 is 4.79 Å². The van der Waals surface area contributed by atoms with Crippen molar-refractivity contribution in [1.82, 2.24) is 10.6 Å². The lowest BCUT2D eigenvalue weighted by atomic mass is 10.1.